The Bertz CT molecular complexity index is 1130. The number of carbonyl (C=O) groups is 1. The second-order valence-corrected chi connectivity index (χ2v) is 7.61. The van der Waals surface area contributed by atoms with E-state index in [1.54, 1.807) is 12.1 Å². The number of aryl methyl sites for hydroxylation is 3. The largest absolute Gasteiger partial charge is 0.493 e. The van der Waals surface area contributed by atoms with E-state index in [4.69, 9.17) is 20.8 Å². The molecule has 0 saturated heterocycles. The lowest BCUT2D eigenvalue weighted by molar-refractivity contribution is -0.111. The fourth-order valence-corrected chi connectivity index (χ4v) is 3.60. The van der Waals surface area contributed by atoms with Crippen LogP contribution in [0.1, 0.15) is 41.9 Å². The maximum Gasteiger partial charge on any atom is 0.248 e. The molecule has 0 unspecified atom stereocenters. The Morgan fingerprint density at radius 2 is 1.90 bits per heavy atom. The molecule has 0 aliphatic carbocycles. The van der Waals surface area contributed by atoms with Gasteiger partial charge in [-0.15, -0.1) is 0 Å². The predicted octanol–water partition coefficient (Wildman–Crippen LogP) is 6.76. The Hall–Kier alpha value is -2.72. The van der Waals surface area contributed by atoms with Gasteiger partial charge in [0.25, 0.3) is 0 Å². The molecule has 152 valence electrons. The van der Waals surface area contributed by atoms with Crippen molar-refractivity contribution in [2.75, 3.05) is 11.9 Å². The minimum Gasteiger partial charge on any atom is -0.493 e. The molecule has 3 aromatic rings. The maximum atomic E-state index is 12.7. The van der Waals surface area contributed by atoms with Gasteiger partial charge >= 0.3 is 0 Å². The van der Waals surface area contributed by atoms with Crippen LogP contribution in [-0.4, -0.2) is 12.5 Å². The number of fused-ring (bicyclic) bond motifs is 1. The molecule has 5 heteroatoms. The van der Waals surface area contributed by atoms with E-state index in [1.165, 1.54) is 0 Å². The molecular weight excluding hydrogens is 386 g/mol. The Labute approximate surface area is 176 Å². The Balaban J connectivity index is 2.03. The molecule has 1 N–H and O–H groups in total. The number of anilines is 1. The zero-order valence-corrected chi connectivity index (χ0v) is 18.5. The quantitative estimate of drug-likeness (QED) is 0.472. The molecule has 1 amide bonds. The number of ether oxygens (including phenoxy) is 1. The number of allylic oxidation sites excluding steroid dienone is 1. The number of furan rings is 1. The van der Waals surface area contributed by atoms with Gasteiger partial charge in [0.15, 0.2) is 0 Å². The molecule has 0 atom stereocenters. The van der Waals surface area contributed by atoms with Gasteiger partial charge in [0.05, 0.1) is 6.61 Å². The Morgan fingerprint density at radius 1 is 1.17 bits per heavy atom. The monoisotopic (exact) mass is 411 g/mol. The first-order chi connectivity index (χ1) is 13.7. The normalized spacial score (nSPS) is 11.8. The molecule has 1 heterocycles. The highest BCUT2D eigenvalue weighted by atomic mass is 35.5. The van der Waals surface area contributed by atoms with Crippen molar-refractivity contribution >= 4 is 39.7 Å². The molecule has 0 bridgehead atoms. The molecule has 0 aliphatic rings. The Kier molecular flexibility index (Phi) is 6.04. The summed E-state index contributed by atoms with van der Waals surface area (Å²) in [5.74, 6) is 1.42. The van der Waals surface area contributed by atoms with Crippen LogP contribution in [0.3, 0.4) is 0 Å². The maximum absolute atomic E-state index is 12.7. The first-order valence-corrected chi connectivity index (χ1v) is 10.0. The number of halogens is 1. The second-order valence-electron chi connectivity index (χ2n) is 7.20. The highest BCUT2D eigenvalue weighted by Gasteiger charge is 2.19. The third kappa shape index (κ3) is 4.03. The van der Waals surface area contributed by atoms with Crippen molar-refractivity contribution < 1.29 is 13.9 Å². The van der Waals surface area contributed by atoms with Crippen molar-refractivity contribution in [1.82, 2.24) is 0 Å². The number of nitrogens with one attached hydrogen (secondary N) is 1. The Morgan fingerprint density at radius 3 is 2.59 bits per heavy atom. The summed E-state index contributed by atoms with van der Waals surface area (Å²) in [6.45, 7) is 12.2. The topological polar surface area (TPSA) is 51.5 Å². The average Bonchev–Trinajstić information content (AvgIpc) is 2.96. The molecule has 2 aromatic carbocycles. The smallest absolute Gasteiger partial charge is 0.248 e. The summed E-state index contributed by atoms with van der Waals surface area (Å²) in [7, 11) is 0. The highest BCUT2D eigenvalue weighted by Crippen LogP contribution is 2.39. The van der Waals surface area contributed by atoms with E-state index < -0.39 is 0 Å². The summed E-state index contributed by atoms with van der Waals surface area (Å²) in [4.78, 5) is 12.7. The van der Waals surface area contributed by atoms with Gasteiger partial charge in [0, 0.05) is 33.3 Å². The van der Waals surface area contributed by atoms with Crippen molar-refractivity contribution in [3.8, 4) is 5.75 Å². The van der Waals surface area contributed by atoms with Crippen molar-refractivity contribution in [1.29, 1.82) is 0 Å². The van der Waals surface area contributed by atoms with Crippen LogP contribution in [0.25, 0.3) is 16.5 Å². The first-order valence-electron chi connectivity index (χ1n) is 9.65. The summed E-state index contributed by atoms with van der Waals surface area (Å²) >= 11 is 6.15. The van der Waals surface area contributed by atoms with Gasteiger partial charge in [0.2, 0.25) is 5.91 Å². The molecule has 29 heavy (non-hydrogen) atoms. The number of benzene rings is 2. The van der Waals surface area contributed by atoms with Gasteiger partial charge in [-0.2, -0.15) is 0 Å². The van der Waals surface area contributed by atoms with E-state index >= 15 is 0 Å². The summed E-state index contributed by atoms with van der Waals surface area (Å²) in [5.41, 5.74) is 6.11. The molecule has 0 fully saturated rings. The zero-order valence-electron chi connectivity index (χ0n) is 17.7. The van der Waals surface area contributed by atoms with Crippen molar-refractivity contribution in [3.05, 3.63) is 63.4 Å². The summed E-state index contributed by atoms with van der Waals surface area (Å²) in [5, 5.41) is 4.57. The van der Waals surface area contributed by atoms with Crippen LogP contribution in [0.2, 0.25) is 5.02 Å². The van der Waals surface area contributed by atoms with E-state index in [0.717, 1.165) is 50.3 Å². The van der Waals surface area contributed by atoms with Gasteiger partial charge in [0.1, 0.15) is 17.1 Å². The molecule has 1 aromatic heterocycles. The fourth-order valence-electron chi connectivity index (χ4n) is 3.42. The fraction of sp³-hybridized carbons (Fsp3) is 0.292. The van der Waals surface area contributed by atoms with Crippen LogP contribution >= 0.6 is 11.6 Å². The van der Waals surface area contributed by atoms with Crippen molar-refractivity contribution in [2.24, 2.45) is 0 Å². The number of hydrogen-bond donors (Lipinski definition) is 1. The average molecular weight is 412 g/mol. The summed E-state index contributed by atoms with van der Waals surface area (Å²) < 4.78 is 11.9. The molecule has 3 rings (SSSR count). The van der Waals surface area contributed by atoms with Crippen molar-refractivity contribution in [3.63, 3.8) is 0 Å². The van der Waals surface area contributed by atoms with E-state index in [1.807, 2.05) is 59.7 Å². The third-order valence-corrected chi connectivity index (χ3v) is 5.64. The van der Waals surface area contributed by atoms with E-state index in [2.05, 4.69) is 5.32 Å². The van der Waals surface area contributed by atoms with Crippen LogP contribution < -0.4 is 10.1 Å². The lowest BCUT2D eigenvalue weighted by Gasteiger charge is -2.15. The molecule has 4 nitrogen and oxygen atoms in total. The van der Waals surface area contributed by atoms with E-state index in [0.29, 0.717) is 17.3 Å². The highest BCUT2D eigenvalue weighted by molar-refractivity contribution is 6.31. The van der Waals surface area contributed by atoms with Crippen LogP contribution in [0.5, 0.6) is 5.75 Å². The molecule has 0 spiro atoms. The SMILES string of the molecule is CCOc1c(/C(C)=C/C(=O)Nc2cccc(Cl)c2C)cc2c(C)c(C)oc2c1C. The van der Waals surface area contributed by atoms with Gasteiger partial charge < -0.3 is 14.5 Å². The summed E-state index contributed by atoms with van der Waals surface area (Å²) in [6, 6.07) is 7.50. The van der Waals surface area contributed by atoms with Crippen LogP contribution in [0.4, 0.5) is 5.69 Å². The number of carbonyl (C=O) groups excluding carboxylic acids is 1. The molecule has 0 radical (unpaired) electrons. The number of amides is 1. The lowest BCUT2D eigenvalue weighted by atomic mass is 9.98. The lowest BCUT2D eigenvalue weighted by Crippen LogP contribution is -2.10. The third-order valence-electron chi connectivity index (χ3n) is 5.23. The van der Waals surface area contributed by atoms with E-state index in [-0.39, 0.29) is 5.91 Å². The minimum atomic E-state index is -0.215. The van der Waals surface area contributed by atoms with Crippen LogP contribution in [-0.2, 0) is 4.79 Å². The van der Waals surface area contributed by atoms with Crippen molar-refractivity contribution in [2.45, 2.75) is 41.5 Å². The second kappa shape index (κ2) is 8.34. The predicted molar refractivity (Wildman–Crippen MR) is 120 cm³/mol. The van der Waals surface area contributed by atoms with Crippen LogP contribution in [0.15, 0.2) is 34.8 Å². The zero-order chi connectivity index (χ0) is 21.3. The molecular formula is C24H26ClNO3. The number of rotatable bonds is 5. The van der Waals surface area contributed by atoms with Gasteiger partial charge in [-0.25, -0.2) is 0 Å². The van der Waals surface area contributed by atoms with Gasteiger partial charge in [-0.3, -0.25) is 4.79 Å². The molecule has 0 aliphatic heterocycles. The van der Waals surface area contributed by atoms with E-state index in [9.17, 15) is 4.79 Å². The first kappa shape index (κ1) is 21.0. The molecule has 0 saturated carbocycles. The summed E-state index contributed by atoms with van der Waals surface area (Å²) in [6.07, 6.45) is 1.59. The van der Waals surface area contributed by atoms with Crippen LogP contribution in [0, 0.1) is 27.7 Å². The van der Waals surface area contributed by atoms with Gasteiger partial charge in [-0.1, -0.05) is 17.7 Å². The standard InChI is InChI=1S/C24H26ClNO3/c1-7-28-23-16(5)24-19(14(3)17(6)29-24)12-18(23)13(2)11-22(27)26-21-10-8-9-20(25)15(21)4/h8-12H,7H2,1-6H3,(H,26,27)/b13-11+. The number of hydrogen-bond acceptors (Lipinski definition) is 3. The minimum absolute atomic E-state index is 0.215. The van der Waals surface area contributed by atoms with Gasteiger partial charge in [-0.05, 0) is 76.4 Å².